The minimum atomic E-state index is 0.566. The maximum atomic E-state index is 5.42. The summed E-state index contributed by atoms with van der Waals surface area (Å²) in [7, 11) is 1.68. The van der Waals surface area contributed by atoms with Gasteiger partial charge in [-0.3, -0.25) is 0 Å². The summed E-state index contributed by atoms with van der Waals surface area (Å²) in [5.74, 6) is 0.956. The van der Waals surface area contributed by atoms with Crippen LogP contribution in [-0.4, -0.2) is 30.3 Å². The molecule has 0 amide bonds. The SMILES string of the molecule is COCCOCc1nc2c([nH]1)CCCC2. The van der Waals surface area contributed by atoms with E-state index < -0.39 is 0 Å². The lowest BCUT2D eigenvalue weighted by Crippen LogP contribution is -2.02. The number of aryl methyl sites for hydroxylation is 2. The molecule has 1 heterocycles. The molecule has 0 bridgehead atoms. The van der Waals surface area contributed by atoms with E-state index in [1.807, 2.05) is 0 Å². The first-order valence-corrected chi connectivity index (χ1v) is 5.53. The number of nitrogens with one attached hydrogen (secondary N) is 1. The second-order valence-electron chi connectivity index (χ2n) is 3.86. The van der Waals surface area contributed by atoms with E-state index in [0.717, 1.165) is 18.7 Å². The number of aromatic nitrogens is 2. The van der Waals surface area contributed by atoms with Crippen LogP contribution in [0.4, 0.5) is 0 Å². The van der Waals surface area contributed by atoms with Crippen LogP contribution in [0.2, 0.25) is 0 Å². The molecule has 4 heteroatoms. The van der Waals surface area contributed by atoms with Crippen LogP contribution in [0.5, 0.6) is 0 Å². The van der Waals surface area contributed by atoms with Crippen molar-refractivity contribution in [1.29, 1.82) is 0 Å². The molecule has 0 saturated heterocycles. The number of hydrogen-bond donors (Lipinski definition) is 1. The van der Waals surface area contributed by atoms with Gasteiger partial charge in [0.25, 0.3) is 0 Å². The zero-order valence-electron chi connectivity index (χ0n) is 9.21. The normalized spacial score (nSPS) is 15.3. The molecule has 15 heavy (non-hydrogen) atoms. The lowest BCUT2D eigenvalue weighted by molar-refractivity contribution is 0.0588. The Balaban J connectivity index is 1.84. The third kappa shape index (κ3) is 2.79. The molecule has 1 aromatic rings. The minimum Gasteiger partial charge on any atom is -0.382 e. The van der Waals surface area contributed by atoms with Gasteiger partial charge in [0.1, 0.15) is 12.4 Å². The Morgan fingerprint density at radius 2 is 2.13 bits per heavy atom. The van der Waals surface area contributed by atoms with Crippen molar-refractivity contribution in [3.8, 4) is 0 Å². The molecule has 4 nitrogen and oxygen atoms in total. The van der Waals surface area contributed by atoms with Crippen molar-refractivity contribution in [3.63, 3.8) is 0 Å². The van der Waals surface area contributed by atoms with Gasteiger partial charge in [-0.1, -0.05) is 0 Å². The van der Waals surface area contributed by atoms with Gasteiger partial charge in [-0.2, -0.15) is 0 Å². The van der Waals surface area contributed by atoms with Crippen LogP contribution in [0.25, 0.3) is 0 Å². The van der Waals surface area contributed by atoms with Crippen LogP contribution in [0.3, 0.4) is 0 Å². The largest absolute Gasteiger partial charge is 0.382 e. The molecule has 0 unspecified atom stereocenters. The van der Waals surface area contributed by atoms with Gasteiger partial charge in [0.2, 0.25) is 0 Å². The fraction of sp³-hybridized carbons (Fsp3) is 0.727. The highest BCUT2D eigenvalue weighted by Gasteiger charge is 2.13. The summed E-state index contributed by atoms with van der Waals surface area (Å²) in [4.78, 5) is 7.86. The molecule has 84 valence electrons. The van der Waals surface area contributed by atoms with E-state index in [1.165, 1.54) is 24.2 Å². The van der Waals surface area contributed by atoms with Gasteiger partial charge >= 0.3 is 0 Å². The predicted octanol–water partition coefficient (Wildman–Crippen LogP) is 1.45. The molecule has 1 N–H and O–H groups in total. The summed E-state index contributed by atoms with van der Waals surface area (Å²) in [6.07, 6.45) is 4.80. The van der Waals surface area contributed by atoms with Crippen LogP contribution in [-0.2, 0) is 28.9 Å². The highest BCUT2D eigenvalue weighted by molar-refractivity contribution is 5.17. The predicted molar refractivity (Wildman–Crippen MR) is 56.8 cm³/mol. The van der Waals surface area contributed by atoms with Crippen LogP contribution in [0, 0.1) is 0 Å². The number of ether oxygens (including phenoxy) is 2. The maximum absolute atomic E-state index is 5.42. The van der Waals surface area contributed by atoms with Crippen LogP contribution >= 0.6 is 0 Å². The third-order valence-electron chi connectivity index (χ3n) is 2.67. The van der Waals surface area contributed by atoms with Crippen LogP contribution in [0.1, 0.15) is 30.1 Å². The molecule has 0 saturated carbocycles. The van der Waals surface area contributed by atoms with Crippen molar-refractivity contribution >= 4 is 0 Å². The van der Waals surface area contributed by atoms with E-state index in [1.54, 1.807) is 7.11 Å². The quantitative estimate of drug-likeness (QED) is 0.748. The lowest BCUT2D eigenvalue weighted by Gasteiger charge is -2.07. The number of fused-ring (bicyclic) bond motifs is 1. The molecule has 0 aliphatic heterocycles. The molecule has 0 spiro atoms. The average molecular weight is 210 g/mol. The van der Waals surface area contributed by atoms with E-state index >= 15 is 0 Å². The van der Waals surface area contributed by atoms with Gasteiger partial charge in [0.15, 0.2) is 0 Å². The molecular weight excluding hydrogens is 192 g/mol. The molecule has 0 atom stereocenters. The van der Waals surface area contributed by atoms with Crippen molar-refractivity contribution in [3.05, 3.63) is 17.2 Å². The Labute approximate surface area is 90.0 Å². The topological polar surface area (TPSA) is 47.1 Å². The number of H-pyrrole nitrogens is 1. The average Bonchev–Trinajstić information content (AvgIpc) is 2.67. The molecule has 1 aliphatic rings. The van der Waals surface area contributed by atoms with Crippen LogP contribution in [0.15, 0.2) is 0 Å². The van der Waals surface area contributed by atoms with Crippen molar-refractivity contribution in [2.45, 2.75) is 32.3 Å². The highest BCUT2D eigenvalue weighted by atomic mass is 16.5. The summed E-state index contributed by atoms with van der Waals surface area (Å²) >= 11 is 0. The second kappa shape index (κ2) is 5.28. The fourth-order valence-electron chi connectivity index (χ4n) is 1.89. The van der Waals surface area contributed by atoms with Gasteiger partial charge in [0.05, 0.1) is 18.9 Å². The molecule has 1 aliphatic carbocycles. The zero-order chi connectivity index (χ0) is 10.5. The Hall–Kier alpha value is -0.870. The van der Waals surface area contributed by atoms with Gasteiger partial charge in [0, 0.05) is 12.8 Å². The van der Waals surface area contributed by atoms with Gasteiger partial charge in [-0.05, 0) is 25.7 Å². The third-order valence-corrected chi connectivity index (χ3v) is 2.67. The molecule has 1 aromatic heterocycles. The van der Waals surface area contributed by atoms with Crippen molar-refractivity contribution in [2.24, 2.45) is 0 Å². The Kier molecular flexibility index (Phi) is 3.75. The molecule has 2 rings (SSSR count). The van der Waals surface area contributed by atoms with E-state index in [9.17, 15) is 0 Å². The van der Waals surface area contributed by atoms with E-state index in [-0.39, 0.29) is 0 Å². The van der Waals surface area contributed by atoms with E-state index in [0.29, 0.717) is 19.8 Å². The summed E-state index contributed by atoms with van der Waals surface area (Å²) in [6.45, 7) is 1.83. The number of nitrogens with zero attached hydrogens (tertiary/aromatic N) is 1. The molecule has 0 aromatic carbocycles. The molecular formula is C11H18N2O2. The van der Waals surface area contributed by atoms with Crippen molar-refractivity contribution in [1.82, 2.24) is 9.97 Å². The summed E-state index contributed by atoms with van der Waals surface area (Å²) < 4.78 is 10.3. The van der Waals surface area contributed by atoms with Crippen molar-refractivity contribution in [2.75, 3.05) is 20.3 Å². The summed E-state index contributed by atoms with van der Waals surface area (Å²) in [5.41, 5.74) is 2.55. The Morgan fingerprint density at radius 1 is 1.27 bits per heavy atom. The van der Waals surface area contributed by atoms with E-state index in [2.05, 4.69) is 9.97 Å². The molecule has 0 fully saturated rings. The van der Waals surface area contributed by atoms with Gasteiger partial charge in [-0.15, -0.1) is 0 Å². The first-order valence-electron chi connectivity index (χ1n) is 5.53. The van der Waals surface area contributed by atoms with Crippen molar-refractivity contribution < 1.29 is 9.47 Å². The standard InChI is InChI=1S/C11H18N2O2/c1-14-6-7-15-8-11-12-9-4-2-3-5-10(9)13-11/h2-8H2,1H3,(H,12,13). The monoisotopic (exact) mass is 210 g/mol. The van der Waals surface area contributed by atoms with Gasteiger partial charge < -0.3 is 14.5 Å². The first kappa shape index (κ1) is 10.6. The van der Waals surface area contributed by atoms with E-state index in [4.69, 9.17) is 9.47 Å². The lowest BCUT2D eigenvalue weighted by atomic mass is 10.0. The summed E-state index contributed by atoms with van der Waals surface area (Å²) in [6, 6.07) is 0. The smallest absolute Gasteiger partial charge is 0.132 e. The van der Waals surface area contributed by atoms with Gasteiger partial charge in [-0.25, -0.2) is 4.98 Å². The fourth-order valence-corrected chi connectivity index (χ4v) is 1.89. The number of imidazole rings is 1. The number of hydrogen-bond acceptors (Lipinski definition) is 3. The minimum absolute atomic E-state index is 0.566. The number of rotatable bonds is 5. The Morgan fingerprint density at radius 3 is 2.93 bits per heavy atom. The first-order chi connectivity index (χ1) is 7.40. The maximum Gasteiger partial charge on any atom is 0.132 e. The second-order valence-corrected chi connectivity index (χ2v) is 3.86. The van der Waals surface area contributed by atoms with Crippen LogP contribution < -0.4 is 0 Å². The zero-order valence-corrected chi connectivity index (χ0v) is 9.21. The Bertz CT molecular complexity index is 286. The highest BCUT2D eigenvalue weighted by Crippen LogP contribution is 2.18. The number of aromatic amines is 1. The summed E-state index contributed by atoms with van der Waals surface area (Å²) in [5, 5.41) is 0. The molecule has 0 radical (unpaired) electrons. The number of methoxy groups -OCH3 is 1.